The van der Waals surface area contributed by atoms with Crippen LogP contribution < -0.4 is 11.1 Å². The van der Waals surface area contributed by atoms with Gasteiger partial charge in [0.15, 0.2) is 0 Å². The van der Waals surface area contributed by atoms with Crippen molar-refractivity contribution in [3.05, 3.63) is 52.8 Å². The van der Waals surface area contributed by atoms with Crippen molar-refractivity contribution in [1.82, 2.24) is 15.1 Å². The lowest BCUT2D eigenvalue weighted by Crippen LogP contribution is -2.19. The van der Waals surface area contributed by atoms with Crippen molar-refractivity contribution in [1.29, 1.82) is 0 Å². The van der Waals surface area contributed by atoms with Crippen molar-refractivity contribution in [3.8, 4) is 0 Å². The molecule has 0 spiro atoms. The Kier molecular flexibility index (Phi) is 4.53. The van der Waals surface area contributed by atoms with E-state index in [0.717, 1.165) is 25.1 Å². The fraction of sp³-hybridized carbons (Fsp3) is 0.333. The van der Waals surface area contributed by atoms with Crippen LogP contribution in [0.25, 0.3) is 0 Å². The van der Waals surface area contributed by atoms with E-state index in [1.54, 1.807) is 6.07 Å². The molecule has 1 aromatic carbocycles. The van der Waals surface area contributed by atoms with Gasteiger partial charge in [0.05, 0.1) is 0 Å². The number of carbonyl (C=O) groups is 1. The second-order valence-corrected chi connectivity index (χ2v) is 4.88. The number of hydrogen-bond donors (Lipinski definition) is 2. The SMILES string of the molecule is Cc1cc(C(N)=O)ccc1CNCCc1ccnn1C. The number of hydrogen-bond acceptors (Lipinski definition) is 3. The van der Waals surface area contributed by atoms with E-state index >= 15 is 0 Å². The number of nitrogens with two attached hydrogens (primary N) is 1. The molecule has 1 heterocycles. The van der Waals surface area contributed by atoms with E-state index in [-0.39, 0.29) is 5.91 Å². The van der Waals surface area contributed by atoms with Crippen molar-refractivity contribution in [2.45, 2.75) is 19.9 Å². The Morgan fingerprint density at radius 3 is 2.80 bits per heavy atom. The average molecular weight is 272 g/mol. The zero-order chi connectivity index (χ0) is 14.5. The van der Waals surface area contributed by atoms with Gasteiger partial charge in [-0.1, -0.05) is 6.07 Å². The molecule has 2 rings (SSSR count). The molecule has 0 bridgehead atoms. The van der Waals surface area contributed by atoms with Gasteiger partial charge in [-0.05, 0) is 36.2 Å². The van der Waals surface area contributed by atoms with E-state index < -0.39 is 0 Å². The van der Waals surface area contributed by atoms with Crippen molar-refractivity contribution < 1.29 is 4.79 Å². The van der Waals surface area contributed by atoms with Crippen molar-refractivity contribution in [2.24, 2.45) is 12.8 Å². The van der Waals surface area contributed by atoms with Gasteiger partial charge in [0.25, 0.3) is 0 Å². The van der Waals surface area contributed by atoms with Crippen LogP contribution in [0.1, 0.15) is 27.2 Å². The molecule has 0 aliphatic carbocycles. The van der Waals surface area contributed by atoms with E-state index in [1.165, 1.54) is 11.3 Å². The molecule has 0 atom stereocenters. The Hall–Kier alpha value is -2.14. The maximum Gasteiger partial charge on any atom is 0.248 e. The van der Waals surface area contributed by atoms with Crippen LogP contribution in [0.3, 0.4) is 0 Å². The fourth-order valence-corrected chi connectivity index (χ4v) is 2.13. The van der Waals surface area contributed by atoms with Crippen LogP contribution in [-0.4, -0.2) is 22.2 Å². The summed E-state index contributed by atoms with van der Waals surface area (Å²) in [7, 11) is 1.95. The standard InChI is InChI=1S/C15H20N4O/c1-11-9-12(15(16)20)3-4-13(11)10-17-7-5-14-6-8-18-19(14)2/h3-4,6,8-9,17H,5,7,10H2,1-2H3,(H2,16,20). The number of nitrogens with one attached hydrogen (secondary N) is 1. The van der Waals surface area contributed by atoms with E-state index in [0.29, 0.717) is 5.56 Å². The predicted octanol–water partition coefficient (Wildman–Crippen LogP) is 1.16. The third-order valence-corrected chi connectivity index (χ3v) is 3.42. The second-order valence-electron chi connectivity index (χ2n) is 4.88. The summed E-state index contributed by atoms with van der Waals surface area (Å²) < 4.78 is 1.88. The summed E-state index contributed by atoms with van der Waals surface area (Å²) in [6.45, 7) is 3.66. The molecule has 0 fully saturated rings. The number of rotatable bonds is 6. The number of carbonyl (C=O) groups excluding carboxylic acids is 1. The second kappa shape index (κ2) is 6.34. The van der Waals surface area contributed by atoms with E-state index in [2.05, 4.69) is 10.4 Å². The first-order chi connectivity index (χ1) is 9.58. The summed E-state index contributed by atoms with van der Waals surface area (Å²) in [4.78, 5) is 11.1. The molecular formula is C15H20N4O. The van der Waals surface area contributed by atoms with Crippen molar-refractivity contribution in [2.75, 3.05) is 6.54 Å². The Balaban J connectivity index is 1.85. The highest BCUT2D eigenvalue weighted by atomic mass is 16.1. The molecule has 0 aliphatic rings. The highest BCUT2D eigenvalue weighted by Gasteiger charge is 2.04. The summed E-state index contributed by atoms with van der Waals surface area (Å²) in [6, 6.07) is 7.58. The number of aromatic nitrogens is 2. The third-order valence-electron chi connectivity index (χ3n) is 3.42. The fourth-order valence-electron chi connectivity index (χ4n) is 2.13. The molecule has 1 aromatic heterocycles. The van der Waals surface area contributed by atoms with E-state index in [1.807, 2.05) is 43.0 Å². The van der Waals surface area contributed by atoms with Crippen molar-refractivity contribution >= 4 is 5.91 Å². The predicted molar refractivity (Wildman–Crippen MR) is 78.3 cm³/mol. The molecule has 2 aromatic rings. The summed E-state index contributed by atoms with van der Waals surface area (Å²) >= 11 is 0. The highest BCUT2D eigenvalue weighted by molar-refractivity contribution is 5.93. The van der Waals surface area contributed by atoms with Gasteiger partial charge in [-0.25, -0.2) is 0 Å². The molecule has 5 nitrogen and oxygen atoms in total. The van der Waals surface area contributed by atoms with Gasteiger partial charge < -0.3 is 11.1 Å². The molecule has 106 valence electrons. The Morgan fingerprint density at radius 2 is 2.20 bits per heavy atom. The maximum atomic E-state index is 11.1. The lowest BCUT2D eigenvalue weighted by atomic mass is 10.0. The number of amides is 1. The van der Waals surface area contributed by atoms with Gasteiger partial charge in [-0.2, -0.15) is 5.10 Å². The topological polar surface area (TPSA) is 72.9 Å². The van der Waals surface area contributed by atoms with Crippen LogP contribution in [0.5, 0.6) is 0 Å². The van der Waals surface area contributed by atoms with Crippen LogP contribution in [-0.2, 0) is 20.0 Å². The van der Waals surface area contributed by atoms with Gasteiger partial charge in [-0.15, -0.1) is 0 Å². The maximum absolute atomic E-state index is 11.1. The van der Waals surface area contributed by atoms with Crippen LogP contribution in [0.2, 0.25) is 0 Å². The van der Waals surface area contributed by atoms with Crippen LogP contribution >= 0.6 is 0 Å². The zero-order valence-electron chi connectivity index (χ0n) is 11.9. The number of primary amides is 1. The van der Waals surface area contributed by atoms with Gasteiger partial charge in [0.1, 0.15) is 0 Å². The lowest BCUT2D eigenvalue weighted by Gasteiger charge is -2.09. The Morgan fingerprint density at radius 1 is 1.40 bits per heavy atom. The van der Waals surface area contributed by atoms with Gasteiger partial charge in [0.2, 0.25) is 5.91 Å². The minimum atomic E-state index is -0.385. The molecule has 1 amide bonds. The third kappa shape index (κ3) is 3.45. The Bertz CT molecular complexity index is 604. The minimum absolute atomic E-state index is 0.385. The molecule has 0 unspecified atom stereocenters. The first-order valence-corrected chi connectivity index (χ1v) is 6.65. The molecular weight excluding hydrogens is 252 g/mol. The summed E-state index contributed by atoms with van der Waals surface area (Å²) in [5.74, 6) is -0.385. The van der Waals surface area contributed by atoms with Crippen LogP contribution in [0.4, 0.5) is 0 Å². The first kappa shape index (κ1) is 14.3. The summed E-state index contributed by atoms with van der Waals surface area (Å²) in [6.07, 6.45) is 2.75. The summed E-state index contributed by atoms with van der Waals surface area (Å²) in [5.41, 5.74) is 9.28. The average Bonchev–Trinajstić information content (AvgIpc) is 2.81. The molecule has 0 saturated heterocycles. The number of nitrogens with zero attached hydrogens (tertiary/aromatic N) is 2. The Labute approximate surface area is 118 Å². The van der Waals surface area contributed by atoms with E-state index in [4.69, 9.17) is 5.73 Å². The number of benzene rings is 1. The van der Waals surface area contributed by atoms with Crippen molar-refractivity contribution in [3.63, 3.8) is 0 Å². The minimum Gasteiger partial charge on any atom is -0.366 e. The van der Waals surface area contributed by atoms with Crippen LogP contribution in [0.15, 0.2) is 30.5 Å². The largest absolute Gasteiger partial charge is 0.366 e. The first-order valence-electron chi connectivity index (χ1n) is 6.65. The molecule has 0 aliphatic heterocycles. The molecule has 5 heteroatoms. The lowest BCUT2D eigenvalue weighted by molar-refractivity contribution is 0.1000. The zero-order valence-corrected chi connectivity index (χ0v) is 11.9. The summed E-state index contributed by atoms with van der Waals surface area (Å²) in [5, 5.41) is 7.54. The molecule has 3 N–H and O–H groups in total. The normalized spacial score (nSPS) is 10.7. The molecule has 0 saturated carbocycles. The monoisotopic (exact) mass is 272 g/mol. The van der Waals surface area contributed by atoms with Gasteiger partial charge in [0, 0.05) is 44.0 Å². The number of aryl methyl sites for hydroxylation is 2. The van der Waals surface area contributed by atoms with Crippen LogP contribution in [0, 0.1) is 6.92 Å². The quantitative estimate of drug-likeness (QED) is 0.775. The van der Waals surface area contributed by atoms with E-state index in [9.17, 15) is 4.79 Å². The highest BCUT2D eigenvalue weighted by Crippen LogP contribution is 2.10. The molecule has 0 radical (unpaired) electrons. The smallest absolute Gasteiger partial charge is 0.248 e. The van der Waals surface area contributed by atoms with Gasteiger partial charge >= 0.3 is 0 Å². The molecule has 20 heavy (non-hydrogen) atoms. The van der Waals surface area contributed by atoms with Gasteiger partial charge in [-0.3, -0.25) is 9.48 Å².